The summed E-state index contributed by atoms with van der Waals surface area (Å²) in [7, 11) is 1.97. The SMILES string of the molecule is CC(C)c1cccnn1.CC(C)c1ccnn1C.CC(C)c1ccnnc1.CC(C)c1cnccn1.CC(C)c1cncnc1.CC(C)c1cnco1.CC(C)c1cnoc1.CC(C)n1cnnc1. The van der Waals surface area contributed by atoms with Gasteiger partial charge in [0.2, 0.25) is 0 Å². The van der Waals surface area contributed by atoms with Gasteiger partial charge in [0, 0.05) is 79.8 Å². The van der Waals surface area contributed by atoms with Gasteiger partial charge in [-0.1, -0.05) is 102 Å². The van der Waals surface area contributed by atoms with Crippen LogP contribution in [0.1, 0.15) is 198 Å². The topological polar surface area (TPSA) is 204 Å². The van der Waals surface area contributed by atoms with Crippen LogP contribution >= 0.6 is 0 Å². The van der Waals surface area contributed by atoms with Crippen molar-refractivity contribution in [3.63, 3.8) is 0 Å². The minimum absolute atomic E-state index is 0.456. The molecule has 0 aliphatic heterocycles. The fraction of sp³-hybridized carbons (Fsp3) is 0.481. The number of hydrogen-bond donors (Lipinski definition) is 0. The number of oxazole rings is 1. The Balaban J connectivity index is 0.000000394. The molecular weight excluding hydrogens is 867 g/mol. The van der Waals surface area contributed by atoms with Gasteiger partial charge in [0.1, 0.15) is 31.0 Å². The first-order chi connectivity index (χ1) is 32.8. The first-order valence-electron chi connectivity index (χ1n) is 23.5. The summed E-state index contributed by atoms with van der Waals surface area (Å²) in [4.78, 5) is 19.6. The molecule has 0 fully saturated rings. The Morgan fingerprint density at radius 2 is 1.13 bits per heavy atom. The molecule has 0 bridgehead atoms. The summed E-state index contributed by atoms with van der Waals surface area (Å²) in [5.41, 5.74) is 6.98. The van der Waals surface area contributed by atoms with E-state index in [0.717, 1.165) is 22.7 Å². The zero-order chi connectivity index (χ0) is 51.6. The minimum Gasteiger partial charge on any atom is -0.448 e. The van der Waals surface area contributed by atoms with E-state index in [0.29, 0.717) is 47.5 Å². The van der Waals surface area contributed by atoms with E-state index in [9.17, 15) is 0 Å². The maximum Gasteiger partial charge on any atom is 0.180 e. The summed E-state index contributed by atoms with van der Waals surface area (Å²) in [6, 6.07) is 8.40. The van der Waals surface area contributed by atoms with Crippen LogP contribution in [-0.2, 0) is 7.05 Å². The van der Waals surface area contributed by atoms with E-state index < -0.39 is 0 Å². The maximum absolute atomic E-state index is 4.98. The first-order valence-corrected chi connectivity index (χ1v) is 23.5. The Morgan fingerprint density at radius 3 is 1.42 bits per heavy atom. The number of aryl methyl sites for hydroxylation is 1. The Kier molecular flexibility index (Phi) is 30.7. The number of rotatable bonds is 8. The summed E-state index contributed by atoms with van der Waals surface area (Å²) in [5, 5.41) is 30.1. The lowest BCUT2D eigenvalue weighted by atomic mass is 10.1. The van der Waals surface area contributed by atoms with Gasteiger partial charge in [0.25, 0.3) is 0 Å². The fourth-order valence-electron chi connectivity index (χ4n) is 4.92. The van der Waals surface area contributed by atoms with Crippen LogP contribution in [0.2, 0.25) is 0 Å². The van der Waals surface area contributed by atoms with Crippen molar-refractivity contribution >= 4 is 0 Å². The molecule has 0 radical (unpaired) electrons. The Labute approximate surface area is 411 Å². The molecule has 0 unspecified atom stereocenters. The predicted octanol–water partition coefficient (Wildman–Crippen LogP) is 12.4. The van der Waals surface area contributed by atoms with Gasteiger partial charge in [-0.2, -0.15) is 25.5 Å². The minimum atomic E-state index is 0.456. The molecule has 17 heteroatoms. The van der Waals surface area contributed by atoms with Crippen LogP contribution in [0.15, 0.2) is 133 Å². The summed E-state index contributed by atoms with van der Waals surface area (Å²) in [6.07, 6.45) is 27.5. The lowest BCUT2D eigenvalue weighted by molar-refractivity contribution is 0.418. The second-order valence-corrected chi connectivity index (χ2v) is 18.0. The molecule has 0 saturated carbocycles. The van der Waals surface area contributed by atoms with Crippen LogP contribution in [0, 0.1) is 0 Å². The van der Waals surface area contributed by atoms with Crippen LogP contribution in [0.3, 0.4) is 0 Å². The average Bonchev–Trinajstić information content (AvgIpc) is 4.21. The molecule has 374 valence electrons. The molecule has 0 saturated heterocycles. The summed E-state index contributed by atoms with van der Waals surface area (Å²) < 4.78 is 13.5. The zero-order valence-corrected chi connectivity index (χ0v) is 44.2. The van der Waals surface area contributed by atoms with Gasteiger partial charge in [0.15, 0.2) is 6.39 Å². The number of nitrogens with zero attached hydrogens (tertiary/aromatic N) is 15. The highest BCUT2D eigenvalue weighted by molar-refractivity contribution is 5.10. The molecule has 0 N–H and O–H groups in total. The Bertz CT molecular complexity index is 2040. The highest BCUT2D eigenvalue weighted by Crippen LogP contribution is 2.14. The van der Waals surface area contributed by atoms with E-state index in [4.69, 9.17) is 4.42 Å². The predicted molar refractivity (Wildman–Crippen MR) is 273 cm³/mol. The Morgan fingerprint density at radius 1 is 0.478 bits per heavy atom. The van der Waals surface area contributed by atoms with E-state index in [2.05, 4.69) is 181 Å². The molecule has 17 nitrogen and oxygen atoms in total. The highest BCUT2D eigenvalue weighted by atomic mass is 16.5. The molecule has 0 spiro atoms. The van der Waals surface area contributed by atoms with E-state index in [1.807, 2.05) is 59.2 Å². The molecule has 0 atom stereocenters. The number of aromatic nitrogens is 15. The third-order valence-electron chi connectivity index (χ3n) is 9.50. The van der Waals surface area contributed by atoms with Crippen LogP contribution < -0.4 is 0 Å². The van der Waals surface area contributed by atoms with E-state index in [1.165, 1.54) is 23.2 Å². The molecule has 0 aromatic carbocycles. The van der Waals surface area contributed by atoms with Crippen molar-refractivity contribution in [3.8, 4) is 0 Å². The van der Waals surface area contributed by atoms with E-state index in [1.54, 1.807) is 74.8 Å². The second kappa shape index (κ2) is 35.3. The van der Waals surface area contributed by atoms with E-state index >= 15 is 0 Å². The van der Waals surface area contributed by atoms with Crippen molar-refractivity contribution in [3.05, 3.63) is 164 Å². The van der Waals surface area contributed by atoms with Crippen LogP contribution in [0.5, 0.6) is 0 Å². The van der Waals surface area contributed by atoms with Crippen molar-refractivity contribution < 1.29 is 8.94 Å². The van der Waals surface area contributed by atoms with Gasteiger partial charge in [0.05, 0.1) is 30.0 Å². The van der Waals surface area contributed by atoms with Crippen molar-refractivity contribution in [1.29, 1.82) is 0 Å². The quantitative estimate of drug-likeness (QED) is 0.139. The van der Waals surface area contributed by atoms with Crippen LogP contribution in [0.4, 0.5) is 0 Å². The lowest BCUT2D eigenvalue weighted by Gasteiger charge is -2.02. The van der Waals surface area contributed by atoms with Crippen LogP contribution in [0.25, 0.3) is 0 Å². The van der Waals surface area contributed by atoms with Crippen molar-refractivity contribution in [2.75, 3.05) is 0 Å². The molecule has 0 aliphatic rings. The standard InChI is InChI=1S/C7H10N2.C7H12N2.3C7H10N2.2C6H9NO.C5H9N3/c1-6(2)7-3-8-5-9-4-7;1-6(2)7-4-5-8-9(7)3;1-6(2)7-5-8-3-4-9-7;1-6(2)7-3-4-8-9-5-7;1-6(2)7-4-3-5-8-9-7;1-5(2)6-3-7-4-8-6;1-5(2)6-3-7-8-4-6;1-5(2)8-3-6-7-4-8/h3-6H,1-2H3;4-6H,1-3H3;3*3-6H,1-2H3;3*3-5H,1-2H3. The molecule has 8 aromatic heterocycles. The lowest BCUT2D eigenvalue weighted by Crippen LogP contribution is -1.98. The largest absolute Gasteiger partial charge is 0.448 e. The van der Waals surface area contributed by atoms with Gasteiger partial charge in [-0.3, -0.25) is 14.6 Å². The second-order valence-electron chi connectivity index (χ2n) is 18.0. The normalized spacial score (nSPS) is 10.3. The van der Waals surface area contributed by atoms with Crippen molar-refractivity contribution in [2.24, 2.45) is 7.05 Å². The van der Waals surface area contributed by atoms with Gasteiger partial charge < -0.3 is 13.5 Å². The summed E-state index contributed by atoms with van der Waals surface area (Å²) in [6.45, 7) is 33.8. The monoisotopic (exact) mass is 946 g/mol. The first kappa shape index (κ1) is 60.1. The van der Waals surface area contributed by atoms with Gasteiger partial charge in [-0.25, -0.2) is 15.0 Å². The third kappa shape index (κ3) is 27.5. The van der Waals surface area contributed by atoms with Crippen molar-refractivity contribution in [2.45, 2.75) is 158 Å². The van der Waals surface area contributed by atoms with E-state index in [-0.39, 0.29) is 0 Å². The molecule has 0 amide bonds. The summed E-state index contributed by atoms with van der Waals surface area (Å²) in [5.74, 6) is 4.57. The summed E-state index contributed by atoms with van der Waals surface area (Å²) >= 11 is 0. The smallest absolute Gasteiger partial charge is 0.180 e. The van der Waals surface area contributed by atoms with Crippen molar-refractivity contribution in [1.82, 2.24) is 75.0 Å². The molecule has 8 heterocycles. The van der Waals surface area contributed by atoms with Gasteiger partial charge >= 0.3 is 0 Å². The maximum atomic E-state index is 4.98. The van der Waals surface area contributed by atoms with Gasteiger partial charge in [-0.15, -0.1) is 10.2 Å². The Hall–Kier alpha value is -6.91. The molecule has 8 aromatic rings. The average molecular weight is 946 g/mol. The molecule has 0 aliphatic carbocycles. The highest BCUT2D eigenvalue weighted by Gasteiger charge is 2.02. The van der Waals surface area contributed by atoms with Gasteiger partial charge in [-0.05, 0) is 84.7 Å². The molecular formula is C52H79N15O2. The molecule has 69 heavy (non-hydrogen) atoms. The fourth-order valence-corrected chi connectivity index (χ4v) is 4.92. The number of hydrogen-bond acceptors (Lipinski definition) is 15. The van der Waals surface area contributed by atoms with Crippen LogP contribution in [-0.4, -0.2) is 75.0 Å². The third-order valence-corrected chi connectivity index (χ3v) is 9.50. The zero-order valence-electron chi connectivity index (χ0n) is 44.2. The molecule has 8 rings (SSSR count).